The number of likely N-dealkylation sites (tertiary alicyclic amines) is 2. The van der Waals surface area contributed by atoms with Gasteiger partial charge in [-0.1, -0.05) is 23.4 Å². The Hall–Kier alpha value is -3.49. The van der Waals surface area contributed by atoms with Gasteiger partial charge in [0.15, 0.2) is 11.5 Å². The lowest BCUT2D eigenvalue weighted by molar-refractivity contribution is 0.0723. The van der Waals surface area contributed by atoms with Crippen LogP contribution in [0.25, 0.3) is 0 Å². The largest absolute Gasteiger partial charge is 0.339 e. The van der Waals surface area contributed by atoms with Crippen molar-refractivity contribution in [3.8, 4) is 0 Å². The van der Waals surface area contributed by atoms with E-state index in [1.165, 1.54) is 0 Å². The van der Waals surface area contributed by atoms with E-state index in [4.69, 9.17) is 4.52 Å². The molecule has 2 atom stereocenters. The summed E-state index contributed by atoms with van der Waals surface area (Å²) in [7, 11) is 1.82. The minimum Gasteiger partial charge on any atom is -0.339 e. The highest BCUT2D eigenvalue weighted by Gasteiger charge is 2.59. The van der Waals surface area contributed by atoms with Crippen molar-refractivity contribution in [2.24, 2.45) is 13.0 Å². The molecule has 2 saturated heterocycles. The van der Waals surface area contributed by atoms with Gasteiger partial charge in [-0.3, -0.25) is 14.3 Å². The monoisotopic (exact) mass is 420 g/mol. The predicted molar refractivity (Wildman–Crippen MR) is 110 cm³/mol. The summed E-state index contributed by atoms with van der Waals surface area (Å²) >= 11 is 0. The molecule has 2 aliphatic rings. The fraction of sp³-hybridized carbons (Fsp3) is 0.409. The van der Waals surface area contributed by atoms with Gasteiger partial charge in [0, 0.05) is 50.4 Å². The third-order valence-corrected chi connectivity index (χ3v) is 6.49. The van der Waals surface area contributed by atoms with Crippen LogP contribution in [0.4, 0.5) is 0 Å². The first-order chi connectivity index (χ1) is 14.9. The zero-order chi connectivity index (χ0) is 21.8. The first-order valence-corrected chi connectivity index (χ1v) is 10.3. The predicted octanol–water partition coefficient (Wildman–Crippen LogP) is 1.59. The van der Waals surface area contributed by atoms with E-state index in [0.717, 1.165) is 5.69 Å². The zero-order valence-electron chi connectivity index (χ0n) is 17.8. The number of carbonyl (C=O) groups excluding carboxylic acids is 2. The molecule has 2 fully saturated rings. The van der Waals surface area contributed by atoms with E-state index in [1.54, 1.807) is 22.6 Å². The summed E-state index contributed by atoms with van der Waals surface area (Å²) in [6, 6.07) is 11.0. The van der Waals surface area contributed by atoms with Gasteiger partial charge in [-0.15, -0.1) is 0 Å². The standard InChI is InChI=1S/C22H24N6O3/c1-14-9-18(24-26(14)3)20(30)28-11-17-10-27(19(29)16-7-5-4-6-8-16)12-22(17,13-28)21-23-15(2)25-31-21/h4-9,17H,10-13H2,1-3H3/t17-,22-/m1/s1. The maximum atomic E-state index is 13.2. The molecule has 2 amide bonds. The molecule has 2 aromatic heterocycles. The van der Waals surface area contributed by atoms with E-state index in [-0.39, 0.29) is 17.7 Å². The van der Waals surface area contributed by atoms with Gasteiger partial charge in [-0.05, 0) is 32.0 Å². The van der Waals surface area contributed by atoms with E-state index in [0.29, 0.717) is 49.2 Å². The van der Waals surface area contributed by atoms with Gasteiger partial charge in [0.2, 0.25) is 5.89 Å². The molecule has 0 saturated carbocycles. The average molecular weight is 420 g/mol. The Balaban J connectivity index is 1.45. The summed E-state index contributed by atoms with van der Waals surface area (Å²) in [6.07, 6.45) is 0. The molecule has 9 nitrogen and oxygen atoms in total. The summed E-state index contributed by atoms with van der Waals surface area (Å²) in [5.41, 5.74) is 1.42. The normalized spacial score (nSPS) is 22.7. The summed E-state index contributed by atoms with van der Waals surface area (Å²) < 4.78 is 7.28. The molecule has 0 N–H and O–H groups in total. The highest BCUT2D eigenvalue weighted by molar-refractivity contribution is 5.95. The number of amides is 2. The quantitative estimate of drug-likeness (QED) is 0.638. The second-order valence-corrected chi connectivity index (χ2v) is 8.53. The molecule has 0 unspecified atom stereocenters. The number of fused-ring (bicyclic) bond motifs is 1. The molecule has 2 aliphatic heterocycles. The molecule has 3 aromatic rings. The van der Waals surface area contributed by atoms with E-state index < -0.39 is 5.41 Å². The summed E-state index contributed by atoms with van der Waals surface area (Å²) in [4.78, 5) is 34.4. The molecule has 0 spiro atoms. The van der Waals surface area contributed by atoms with Crippen LogP contribution in [0.5, 0.6) is 0 Å². The van der Waals surface area contributed by atoms with E-state index in [9.17, 15) is 9.59 Å². The highest BCUT2D eigenvalue weighted by Crippen LogP contribution is 2.45. The van der Waals surface area contributed by atoms with Gasteiger partial charge < -0.3 is 14.3 Å². The first kappa shape index (κ1) is 19.5. The average Bonchev–Trinajstić information content (AvgIpc) is 3.51. The summed E-state index contributed by atoms with van der Waals surface area (Å²) in [6.45, 7) is 5.56. The fourth-order valence-electron chi connectivity index (χ4n) is 4.77. The Morgan fingerprint density at radius 1 is 1.06 bits per heavy atom. The second kappa shape index (κ2) is 7.04. The van der Waals surface area contributed by atoms with Gasteiger partial charge in [-0.25, -0.2) is 0 Å². The Bertz CT molecular complexity index is 1130. The maximum absolute atomic E-state index is 13.2. The van der Waals surface area contributed by atoms with Gasteiger partial charge in [0.25, 0.3) is 11.8 Å². The van der Waals surface area contributed by atoms with E-state index in [1.807, 2.05) is 49.2 Å². The highest BCUT2D eigenvalue weighted by atomic mass is 16.5. The lowest BCUT2D eigenvalue weighted by Crippen LogP contribution is -2.41. The first-order valence-electron chi connectivity index (χ1n) is 10.3. The third kappa shape index (κ3) is 3.11. The number of hydrogen-bond acceptors (Lipinski definition) is 6. The van der Waals surface area contributed by atoms with Gasteiger partial charge in [0.1, 0.15) is 0 Å². The lowest BCUT2D eigenvalue weighted by Gasteiger charge is -2.25. The zero-order valence-corrected chi connectivity index (χ0v) is 17.8. The summed E-state index contributed by atoms with van der Waals surface area (Å²) in [5, 5.41) is 8.32. The van der Waals surface area contributed by atoms with Crippen LogP contribution in [0.2, 0.25) is 0 Å². The van der Waals surface area contributed by atoms with E-state index in [2.05, 4.69) is 15.2 Å². The van der Waals surface area contributed by atoms with Crippen molar-refractivity contribution in [3.63, 3.8) is 0 Å². The number of aromatic nitrogens is 4. The molecule has 0 bridgehead atoms. The van der Waals surface area contributed by atoms with Crippen LogP contribution < -0.4 is 0 Å². The smallest absolute Gasteiger partial charge is 0.274 e. The molecule has 31 heavy (non-hydrogen) atoms. The molecule has 5 rings (SSSR count). The second-order valence-electron chi connectivity index (χ2n) is 8.53. The van der Waals surface area contributed by atoms with Crippen molar-refractivity contribution in [2.75, 3.05) is 26.2 Å². The third-order valence-electron chi connectivity index (χ3n) is 6.49. The van der Waals surface area contributed by atoms with Crippen LogP contribution in [0, 0.1) is 19.8 Å². The minimum atomic E-state index is -0.578. The lowest BCUT2D eigenvalue weighted by atomic mass is 9.81. The van der Waals surface area contributed by atoms with Gasteiger partial charge in [0.05, 0.1) is 5.41 Å². The van der Waals surface area contributed by atoms with Gasteiger partial charge >= 0.3 is 0 Å². The summed E-state index contributed by atoms with van der Waals surface area (Å²) in [5.74, 6) is 0.902. The molecule has 0 radical (unpaired) electrons. The Morgan fingerprint density at radius 2 is 1.74 bits per heavy atom. The fourth-order valence-corrected chi connectivity index (χ4v) is 4.77. The number of rotatable bonds is 3. The van der Waals surface area contributed by atoms with Gasteiger partial charge in [-0.2, -0.15) is 10.1 Å². The van der Waals surface area contributed by atoms with Crippen LogP contribution in [0.15, 0.2) is 40.9 Å². The maximum Gasteiger partial charge on any atom is 0.274 e. The van der Waals surface area contributed by atoms with Crippen LogP contribution in [0.3, 0.4) is 0 Å². The molecule has 160 valence electrons. The van der Waals surface area contributed by atoms with Crippen LogP contribution in [-0.4, -0.2) is 67.7 Å². The van der Waals surface area contributed by atoms with Crippen LogP contribution in [0.1, 0.15) is 38.3 Å². The molecule has 9 heteroatoms. The van der Waals surface area contributed by atoms with Crippen molar-refractivity contribution in [2.45, 2.75) is 19.3 Å². The Morgan fingerprint density at radius 3 is 2.32 bits per heavy atom. The van der Waals surface area contributed by atoms with Crippen molar-refractivity contribution in [3.05, 3.63) is 65.1 Å². The van der Waals surface area contributed by atoms with Crippen molar-refractivity contribution >= 4 is 11.8 Å². The number of hydrogen-bond donors (Lipinski definition) is 0. The van der Waals surface area contributed by atoms with Crippen molar-refractivity contribution in [1.29, 1.82) is 0 Å². The number of benzene rings is 1. The molecular formula is C22H24N6O3. The van der Waals surface area contributed by atoms with Crippen molar-refractivity contribution < 1.29 is 14.1 Å². The molecule has 4 heterocycles. The molecule has 0 aliphatic carbocycles. The molecule has 1 aromatic carbocycles. The van der Waals surface area contributed by atoms with Crippen LogP contribution in [-0.2, 0) is 12.5 Å². The number of carbonyl (C=O) groups is 2. The van der Waals surface area contributed by atoms with E-state index >= 15 is 0 Å². The topological polar surface area (TPSA) is 97.4 Å². The molecular weight excluding hydrogens is 396 g/mol. The van der Waals surface area contributed by atoms with Crippen molar-refractivity contribution in [1.82, 2.24) is 29.7 Å². The Kier molecular flexibility index (Phi) is 4.42. The SMILES string of the molecule is Cc1noc([C@@]23CN(C(=O)c4ccccc4)C[C@@H]2CN(C(=O)c2cc(C)n(C)n2)C3)n1. The number of nitrogens with zero attached hydrogens (tertiary/aromatic N) is 6. The Labute approximate surface area is 179 Å². The minimum absolute atomic E-state index is 0.00812. The van der Waals surface area contributed by atoms with Crippen LogP contribution >= 0.6 is 0 Å². The number of aryl methyl sites for hydroxylation is 3.